The Hall–Kier alpha value is -2.82. The molecule has 0 aliphatic carbocycles. The summed E-state index contributed by atoms with van der Waals surface area (Å²) in [6, 6.07) is 11.7. The van der Waals surface area contributed by atoms with Gasteiger partial charge in [0.2, 0.25) is 0 Å². The number of hydrogen-bond donors (Lipinski definition) is 0. The molecule has 2 aliphatic rings. The maximum atomic E-state index is 13.7. The van der Waals surface area contributed by atoms with Crippen LogP contribution in [0.4, 0.5) is 5.69 Å². The van der Waals surface area contributed by atoms with Gasteiger partial charge in [-0.15, -0.1) is 0 Å². The summed E-state index contributed by atoms with van der Waals surface area (Å²) in [5.41, 5.74) is 1.12. The van der Waals surface area contributed by atoms with Crippen molar-refractivity contribution in [3.63, 3.8) is 0 Å². The summed E-state index contributed by atoms with van der Waals surface area (Å²) in [4.78, 5) is 17.3. The van der Waals surface area contributed by atoms with Crippen molar-refractivity contribution in [2.45, 2.75) is 17.9 Å². The molecular formula is C24H31N3O6S. The van der Waals surface area contributed by atoms with E-state index in [9.17, 15) is 13.2 Å². The summed E-state index contributed by atoms with van der Waals surface area (Å²) in [5, 5.41) is 0. The van der Waals surface area contributed by atoms with Gasteiger partial charge in [0.05, 0.1) is 23.7 Å². The molecule has 0 aromatic heterocycles. The Morgan fingerprint density at radius 2 is 1.82 bits per heavy atom. The van der Waals surface area contributed by atoms with Crippen LogP contribution in [0.2, 0.25) is 0 Å². The number of sulfonamides is 1. The van der Waals surface area contributed by atoms with E-state index in [1.165, 1.54) is 10.4 Å². The van der Waals surface area contributed by atoms with E-state index in [2.05, 4.69) is 4.90 Å². The normalized spacial score (nSPS) is 18.9. The molecule has 2 heterocycles. The van der Waals surface area contributed by atoms with Gasteiger partial charge in [0.15, 0.2) is 6.10 Å². The predicted octanol–water partition coefficient (Wildman–Crippen LogP) is 1.75. The average molecular weight is 490 g/mol. The second-order valence-electron chi connectivity index (χ2n) is 8.51. The van der Waals surface area contributed by atoms with Crippen LogP contribution in [-0.2, 0) is 19.6 Å². The number of fused-ring (bicyclic) bond motifs is 1. The number of ether oxygens (including phenoxy) is 3. The van der Waals surface area contributed by atoms with Gasteiger partial charge in [0, 0.05) is 33.3 Å². The molecule has 4 rings (SSSR count). The maximum absolute atomic E-state index is 13.7. The Labute approximate surface area is 200 Å². The Balaban J connectivity index is 1.61. The van der Waals surface area contributed by atoms with Gasteiger partial charge in [0.1, 0.15) is 18.1 Å². The van der Waals surface area contributed by atoms with Crippen LogP contribution in [0.5, 0.6) is 11.5 Å². The Bertz CT molecular complexity index is 1130. The van der Waals surface area contributed by atoms with E-state index < -0.39 is 16.1 Å². The molecule has 0 radical (unpaired) electrons. The number of carbonyl (C=O) groups excluding carboxylic acids is 1. The molecule has 1 amide bonds. The lowest BCUT2D eigenvalue weighted by Crippen LogP contribution is -2.55. The number of nitrogens with zero attached hydrogens (tertiary/aromatic N) is 3. The molecule has 1 atom stereocenters. The molecule has 0 bridgehead atoms. The molecule has 0 spiro atoms. The second-order valence-corrected chi connectivity index (χ2v) is 10.4. The van der Waals surface area contributed by atoms with Crippen LogP contribution in [0.3, 0.4) is 0 Å². The molecule has 2 aromatic rings. The first-order chi connectivity index (χ1) is 16.3. The zero-order valence-electron chi connectivity index (χ0n) is 19.8. The molecule has 2 aromatic carbocycles. The molecule has 9 nitrogen and oxygen atoms in total. The highest BCUT2D eigenvalue weighted by atomic mass is 32.2. The third-order valence-electron chi connectivity index (χ3n) is 6.10. The highest BCUT2D eigenvalue weighted by Crippen LogP contribution is 2.37. The van der Waals surface area contributed by atoms with Crippen LogP contribution < -0.4 is 13.8 Å². The van der Waals surface area contributed by atoms with E-state index in [4.69, 9.17) is 14.2 Å². The fourth-order valence-electron chi connectivity index (χ4n) is 4.10. The molecule has 10 heteroatoms. The molecular weight excluding hydrogens is 458 g/mol. The van der Waals surface area contributed by atoms with E-state index in [0.717, 1.165) is 13.1 Å². The lowest BCUT2D eigenvalue weighted by molar-refractivity contribution is -0.140. The molecule has 34 heavy (non-hydrogen) atoms. The maximum Gasteiger partial charge on any atom is 0.265 e. The standard InChI is InChI=1S/C24H31N3O6S/c1-18-16-19(8-9-21(18)32-15-14-31-3)34(29,30)27-17-23(33-22-7-5-4-6-20(22)27)24(28)26-12-10-25(2)11-13-26/h4-9,16,23H,10-15,17H2,1-3H3. The highest BCUT2D eigenvalue weighted by molar-refractivity contribution is 7.92. The smallest absolute Gasteiger partial charge is 0.265 e. The van der Waals surface area contributed by atoms with E-state index in [1.807, 2.05) is 7.05 Å². The number of aryl methyl sites for hydroxylation is 1. The average Bonchev–Trinajstić information content (AvgIpc) is 2.84. The SMILES string of the molecule is COCCOc1ccc(S(=O)(=O)N2CC(C(=O)N3CCN(C)CC3)Oc3ccccc32)cc1C. The van der Waals surface area contributed by atoms with Gasteiger partial charge in [-0.25, -0.2) is 8.42 Å². The van der Waals surface area contributed by atoms with Crippen molar-refractivity contribution in [1.82, 2.24) is 9.80 Å². The van der Waals surface area contributed by atoms with Crippen LogP contribution >= 0.6 is 0 Å². The second kappa shape index (κ2) is 10.2. The summed E-state index contributed by atoms with van der Waals surface area (Å²) >= 11 is 0. The van der Waals surface area contributed by atoms with Gasteiger partial charge in [0.25, 0.3) is 15.9 Å². The lowest BCUT2D eigenvalue weighted by Gasteiger charge is -2.39. The number of methoxy groups -OCH3 is 1. The minimum absolute atomic E-state index is 0.0876. The largest absolute Gasteiger partial charge is 0.491 e. The number of amides is 1. The summed E-state index contributed by atoms with van der Waals surface area (Å²) in [6.45, 7) is 5.25. The molecule has 1 unspecified atom stereocenters. The van der Waals surface area contributed by atoms with Crippen LogP contribution in [0, 0.1) is 6.92 Å². The molecule has 2 aliphatic heterocycles. The summed E-state index contributed by atoms with van der Waals surface area (Å²) in [7, 11) is -0.347. The summed E-state index contributed by atoms with van der Waals surface area (Å²) in [5.74, 6) is 0.781. The van der Waals surface area contributed by atoms with Crippen molar-refractivity contribution in [1.29, 1.82) is 0 Å². The van der Waals surface area contributed by atoms with Crippen molar-refractivity contribution >= 4 is 21.6 Å². The fourth-order valence-corrected chi connectivity index (χ4v) is 5.66. The number of benzene rings is 2. The topological polar surface area (TPSA) is 88.6 Å². The monoisotopic (exact) mass is 489 g/mol. The number of piperazine rings is 1. The van der Waals surface area contributed by atoms with Gasteiger partial charge < -0.3 is 24.0 Å². The van der Waals surface area contributed by atoms with E-state index in [1.54, 1.807) is 55.3 Å². The first kappa shape index (κ1) is 24.3. The van der Waals surface area contributed by atoms with Crippen molar-refractivity contribution in [2.24, 2.45) is 0 Å². The zero-order chi connectivity index (χ0) is 24.3. The minimum Gasteiger partial charge on any atom is -0.491 e. The first-order valence-electron chi connectivity index (χ1n) is 11.3. The number of para-hydroxylation sites is 2. The number of carbonyl (C=O) groups is 1. The van der Waals surface area contributed by atoms with Crippen LogP contribution in [-0.4, -0.2) is 90.3 Å². The zero-order valence-corrected chi connectivity index (χ0v) is 20.6. The number of hydrogen-bond acceptors (Lipinski definition) is 7. The van der Waals surface area contributed by atoms with Gasteiger partial charge in [-0.1, -0.05) is 12.1 Å². The third kappa shape index (κ3) is 4.98. The van der Waals surface area contributed by atoms with E-state index in [-0.39, 0.29) is 17.3 Å². The van der Waals surface area contributed by atoms with Crippen molar-refractivity contribution in [3.8, 4) is 11.5 Å². The van der Waals surface area contributed by atoms with Crippen LogP contribution in [0.1, 0.15) is 5.56 Å². The van der Waals surface area contributed by atoms with Gasteiger partial charge in [-0.2, -0.15) is 0 Å². The minimum atomic E-state index is -3.95. The van der Waals surface area contributed by atoms with E-state index in [0.29, 0.717) is 49.1 Å². The Morgan fingerprint density at radius 1 is 1.09 bits per heavy atom. The van der Waals surface area contributed by atoms with Crippen molar-refractivity contribution in [2.75, 3.05) is 64.4 Å². The lowest BCUT2D eigenvalue weighted by atomic mass is 10.2. The van der Waals surface area contributed by atoms with Crippen molar-refractivity contribution < 1.29 is 27.4 Å². The highest BCUT2D eigenvalue weighted by Gasteiger charge is 2.39. The molecule has 184 valence electrons. The van der Waals surface area contributed by atoms with E-state index >= 15 is 0 Å². The first-order valence-corrected chi connectivity index (χ1v) is 12.7. The van der Waals surface area contributed by atoms with Crippen LogP contribution in [0.25, 0.3) is 0 Å². The van der Waals surface area contributed by atoms with Crippen molar-refractivity contribution in [3.05, 3.63) is 48.0 Å². The van der Waals surface area contributed by atoms with Gasteiger partial charge in [-0.05, 0) is 49.9 Å². The molecule has 0 saturated carbocycles. The number of rotatable bonds is 7. The summed E-state index contributed by atoms with van der Waals surface area (Å²) in [6.07, 6.45) is -0.911. The van der Waals surface area contributed by atoms with Gasteiger partial charge >= 0.3 is 0 Å². The number of anilines is 1. The molecule has 1 saturated heterocycles. The fraction of sp³-hybridized carbons (Fsp3) is 0.458. The van der Waals surface area contributed by atoms with Gasteiger partial charge in [-0.3, -0.25) is 9.10 Å². The molecule has 1 fully saturated rings. The quantitative estimate of drug-likeness (QED) is 0.548. The Morgan fingerprint density at radius 3 is 2.53 bits per heavy atom. The Kier molecular flexibility index (Phi) is 7.30. The summed E-state index contributed by atoms with van der Waals surface area (Å²) < 4.78 is 45.4. The molecule has 0 N–H and O–H groups in total. The third-order valence-corrected chi connectivity index (χ3v) is 7.88. The predicted molar refractivity (Wildman–Crippen MR) is 128 cm³/mol. The van der Waals surface area contributed by atoms with Crippen LogP contribution in [0.15, 0.2) is 47.4 Å². The number of likely N-dealkylation sites (N-methyl/N-ethyl adjacent to an activating group) is 1.